The van der Waals surface area contributed by atoms with Crippen molar-refractivity contribution in [2.75, 3.05) is 0 Å². The maximum atomic E-state index is 12.9. The maximum absolute atomic E-state index is 12.9. The number of benzene rings is 1. The molecule has 1 aromatic carbocycles. The fourth-order valence-corrected chi connectivity index (χ4v) is 1.64. The van der Waals surface area contributed by atoms with Crippen LogP contribution in [0.2, 0.25) is 0 Å². The Bertz CT molecular complexity index is 323. The molecule has 0 fully saturated rings. The van der Waals surface area contributed by atoms with Gasteiger partial charge < -0.3 is 0 Å². The Hall–Kier alpha value is -0.880. The summed E-state index contributed by atoms with van der Waals surface area (Å²) in [6, 6.07) is 6.81. The Morgan fingerprint density at radius 2 is 2.23 bits per heavy atom. The van der Waals surface area contributed by atoms with Crippen molar-refractivity contribution >= 4 is 15.9 Å². The quantitative estimate of drug-likeness (QED) is 0.780. The van der Waals surface area contributed by atoms with Gasteiger partial charge in [0.05, 0.1) is 6.07 Å². The Morgan fingerprint density at radius 1 is 1.54 bits per heavy atom. The molecule has 68 valence electrons. The second-order valence-electron chi connectivity index (χ2n) is 3.01. The fourth-order valence-electron chi connectivity index (χ4n) is 1.13. The molecule has 0 aliphatic rings. The topological polar surface area (TPSA) is 23.8 Å². The van der Waals surface area contributed by atoms with Gasteiger partial charge in [-0.25, -0.2) is 4.39 Å². The van der Waals surface area contributed by atoms with E-state index < -0.39 is 0 Å². The van der Waals surface area contributed by atoms with Gasteiger partial charge in [-0.3, -0.25) is 0 Å². The van der Waals surface area contributed by atoms with Gasteiger partial charge in [-0.15, -0.1) is 0 Å². The summed E-state index contributed by atoms with van der Waals surface area (Å²) < 4.78 is 13.6. The van der Waals surface area contributed by atoms with E-state index in [2.05, 4.69) is 22.0 Å². The minimum atomic E-state index is -0.269. The average molecular weight is 242 g/mol. The predicted molar refractivity (Wildman–Crippen MR) is 52.6 cm³/mol. The average Bonchev–Trinajstić information content (AvgIpc) is 2.02. The zero-order chi connectivity index (χ0) is 9.84. The minimum Gasteiger partial charge on any atom is -0.207 e. The third-order valence-electron chi connectivity index (χ3n) is 1.68. The lowest BCUT2D eigenvalue weighted by atomic mass is 10.0. The van der Waals surface area contributed by atoms with Crippen molar-refractivity contribution in [2.45, 2.75) is 13.3 Å². The van der Waals surface area contributed by atoms with Crippen LogP contribution in [0.4, 0.5) is 4.39 Å². The highest BCUT2D eigenvalue weighted by atomic mass is 79.9. The van der Waals surface area contributed by atoms with E-state index >= 15 is 0 Å². The van der Waals surface area contributed by atoms with E-state index in [9.17, 15) is 4.39 Å². The predicted octanol–water partition coefficient (Wildman–Crippen LogP) is 3.29. The van der Waals surface area contributed by atoms with Gasteiger partial charge in [-0.05, 0) is 37.1 Å². The third kappa shape index (κ3) is 3.16. The molecule has 1 unspecified atom stereocenters. The molecule has 0 aliphatic heterocycles. The Morgan fingerprint density at radius 3 is 2.77 bits per heavy atom. The van der Waals surface area contributed by atoms with Crippen molar-refractivity contribution in [2.24, 2.45) is 5.92 Å². The summed E-state index contributed by atoms with van der Waals surface area (Å²) in [5.74, 6) is -0.344. The number of hydrogen-bond acceptors (Lipinski definition) is 1. The summed E-state index contributed by atoms with van der Waals surface area (Å²) in [4.78, 5) is 0. The molecule has 0 radical (unpaired) electrons. The van der Waals surface area contributed by atoms with Gasteiger partial charge in [-0.1, -0.05) is 15.9 Å². The van der Waals surface area contributed by atoms with Gasteiger partial charge in [0.25, 0.3) is 0 Å². The number of rotatable bonds is 2. The summed E-state index contributed by atoms with van der Waals surface area (Å²) in [5, 5.41) is 8.58. The SMILES string of the molecule is CC(C#N)Cc1cc(F)cc(Br)c1. The molecule has 0 aromatic heterocycles. The van der Waals surface area contributed by atoms with Crippen LogP contribution in [0.1, 0.15) is 12.5 Å². The second kappa shape index (κ2) is 4.38. The van der Waals surface area contributed by atoms with E-state index in [4.69, 9.17) is 5.26 Å². The first-order valence-corrected chi connectivity index (χ1v) is 4.75. The van der Waals surface area contributed by atoms with Crippen LogP contribution >= 0.6 is 15.9 Å². The zero-order valence-corrected chi connectivity index (χ0v) is 8.81. The number of nitrogens with zero attached hydrogens (tertiary/aromatic N) is 1. The summed E-state index contributed by atoms with van der Waals surface area (Å²) in [6.45, 7) is 1.82. The number of hydrogen-bond donors (Lipinski definition) is 0. The highest BCUT2D eigenvalue weighted by Gasteiger charge is 2.04. The van der Waals surface area contributed by atoms with E-state index in [1.165, 1.54) is 12.1 Å². The second-order valence-corrected chi connectivity index (χ2v) is 3.93. The van der Waals surface area contributed by atoms with Gasteiger partial charge in [0.2, 0.25) is 0 Å². The van der Waals surface area contributed by atoms with Crippen LogP contribution in [-0.4, -0.2) is 0 Å². The van der Waals surface area contributed by atoms with Gasteiger partial charge in [0.1, 0.15) is 5.82 Å². The number of nitriles is 1. The lowest BCUT2D eigenvalue weighted by Gasteiger charge is -2.03. The molecule has 0 saturated heterocycles. The highest BCUT2D eigenvalue weighted by molar-refractivity contribution is 9.10. The molecule has 0 amide bonds. The molecule has 1 aromatic rings. The summed E-state index contributed by atoms with van der Waals surface area (Å²) in [7, 11) is 0. The monoisotopic (exact) mass is 241 g/mol. The van der Waals surface area contributed by atoms with Crippen LogP contribution in [0, 0.1) is 23.1 Å². The van der Waals surface area contributed by atoms with Crippen molar-refractivity contribution in [3.05, 3.63) is 34.1 Å². The van der Waals surface area contributed by atoms with E-state index in [-0.39, 0.29) is 11.7 Å². The lowest BCUT2D eigenvalue weighted by Crippen LogP contribution is -1.96. The Balaban J connectivity index is 2.84. The van der Waals surface area contributed by atoms with Gasteiger partial charge >= 0.3 is 0 Å². The molecule has 0 saturated carbocycles. The summed E-state index contributed by atoms with van der Waals surface area (Å²) in [6.07, 6.45) is 0.590. The molecular weight excluding hydrogens is 233 g/mol. The van der Waals surface area contributed by atoms with Crippen molar-refractivity contribution in [1.82, 2.24) is 0 Å². The normalized spacial score (nSPS) is 12.2. The number of halogens is 2. The maximum Gasteiger partial charge on any atom is 0.124 e. The van der Waals surface area contributed by atoms with E-state index in [0.29, 0.717) is 10.9 Å². The first kappa shape index (κ1) is 10.2. The smallest absolute Gasteiger partial charge is 0.124 e. The molecule has 0 N–H and O–H groups in total. The zero-order valence-electron chi connectivity index (χ0n) is 7.22. The molecule has 0 bridgehead atoms. The van der Waals surface area contributed by atoms with Gasteiger partial charge in [0, 0.05) is 10.4 Å². The van der Waals surface area contributed by atoms with Crippen molar-refractivity contribution in [3.8, 4) is 6.07 Å². The van der Waals surface area contributed by atoms with Gasteiger partial charge in [-0.2, -0.15) is 5.26 Å². The van der Waals surface area contributed by atoms with E-state index in [1.54, 1.807) is 0 Å². The van der Waals surface area contributed by atoms with E-state index in [0.717, 1.165) is 5.56 Å². The van der Waals surface area contributed by atoms with Crippen LogP contribution < -0.4 is 0 Å². The van der Waals surface area contributed by atoms with Crippen LogP contribution in [0.5, 0.6) is 0 Å². The lowest BCUT2D eigenvalue weighted by molar-refractivity contribution is 0.621. The molecule has 0 aliphatic carbocycles. The molecule has 3 heteroatoms. The van der Waals surface area contributed by atoms with Crippen LogP contribution in [-0.2, 0) is 6.42 Å². The minimum absolute atomic E-state index is 0.0753. The highest BCUT2D eigenvalue weighted by Crippen LogP contribution is 2.17. The fraction of sp³-hybridized carbons (Fsp3) is 0.300. The Kier molecular flexibility index (Phi) is 3.44. The van der Waals surface area contributed by atoms with Crippen LogP contribution in [0.15, 0.2) is 22.7 Å². The first-order valence-electron chi connectivity index (χ1n) is 3.96. The summed E-state index contributed by atoms with van der Waals surface area (Å²) in [5.41, 5.74) is 0.848. The van der Waals surface area contributed by atoms with Crippen LogP contribution in [0.25, 0.3) is 0 Å². The van der Waals surface area contributed by atoms with E-state index in [1.807, 2.05) is 13.0 Å². The third-order valence-corrected chi connectivity index (χ3v) is 2.14. The summed E-state index contributed by atoms with van der Waals surface area (Å²) >= 11 is 3.20. The van der Waals surface area contributed by atoms with Crippen molar-refractivity contribution in [1.29, 1.82) is 5.26 Å². The molecule has 0 spiro atoms. The molecule has 13 heavy (non-hydrogen) atoms. The largest absolute Gasteiger partial charge is 0.207 e. The molecule has 1 rings (SSSR count). The van der Waals surface area contributed by atoms with Crippen molar-refractivity contribution < 1.29 is 4.39 Å². The van der Waals surface area contributed by atoms with Crippen LogP contribution in [0.3, 0.4) is 0 Å². The Labute approximate surface area is 85.3 Å². The molecule has 1 atom stereocenters. The first-order chi connectivity index (χ1) is 6.11. The molecule has 1 nitrogen and oxygen atoms in total. The van der Waals surface area contributed by atoms with Crippen molar-refractivity contribution in [3.63, 3.8) is 0 Å². The molecular formula is C10H9BrFN. The molecule has 0 heterocycles. The standard InChI is InChI=1S/C10H9BrFN/c1-7(6-13)2-8-3-9(11)5-10(12)4-8/h3-5,7H,2H2,1H3. The van der Waals surface area contributed by atoms with Gasteiger partial charge in [0.15, 0.2) is 0 Å².